The molecular formula is C29H29N5O5S. The predicted octanol–water partition coefficient (Wildman–Crippen LogP) is 2.32. The van der Waals surface area contributed by atoms with Crippen LogP contribution in [0.2, 0.25) is 0 Å². The minimum absolute atomic E-state index is 0.0336. The first-order valence-corrected chi connectivity index (χ1v) is 13.9. The highest BCUT2D eigenvalue weighted by Gasteiger charge is 2.52. The van der Waals surface area contributed by atoms with Gasteiger partial charge in [0.25, 0.3) is 5.91 Å². The first kappa shape index (κ1) is 26.2. The molecule has 40 heavy (non-hydrogen) atoms. The molecule has 0 bridgehead atoms. The third-order valence-corrected chi connectivity index (χ3v) is 8.48. The van der Waals surface area contributed by atoms with Gasteiger partial charge in [0.1, 0.15) is 18.4 Å². The highest BCUT2D eigenvalue weighted by atomic mass is 32.1. The maximum atomic E-state index is 13.6. The van der Waals surface area contributed by atoms with E-state index in [1.54, 1.807) is 11.4 Å². The van der Waals surface area contributed by atoms with Crippen LogP contribution in [-0.2, 0) is 32.2 Å². The Morgan fingerprint density at radius 1 is 1.10 bits per heavy atom. The van der Waals surface area contributed by atoms with Gasteiger partial charge in [0.05, 0.1) is 26.3 Å². The molecule has 4 heterocycles. The van der Waals surface area contributed by atoms with Crippen molar-refractivity contribution < 1.29 is 23.9 Å². The van der Waals surface area contributed by atoms with Crippen molar-refractivity contribution in [1.29, 1.82) is 5.41 Å². The maximum absolute atomic E-state index is 13.6. The molecule has 2 fully saturated rings. The van der Waals surface area contributed by atoms with Gasteiger partial charge in [0, 0.05) is 34.3 Å². The summed E-state index contributed by atoms with van der Waals surface area (Å²) < 4.78 is 11.7. The van der Waals surface area contributed by atoms with Gasteiger partial charge in [-0.05, 0) is 34.9 Å². The molecule has 1 atom stereocenters. The minimum Gasteiger partial charge on any atom is -0.384 e. The number of carbonyl (C=O) groups is 3. The fourth-order valence-electron chi connectivity index (χ4n) is 5.52. The summed E-state index contributed by atoms with van der Waals surface area (Å²) in [4.78, 5) is 43.9. The molecule has 11 heteroatoms. The zero-order valence-electron chi connectivity index (χ0n) is 21.7. The number of nitrogens with zero attached hydrogens (tertiary/aromatic N) is 2. The fraction of sp³-hybridized carbons (Fsp3) is 0.310. The molecule has 2 aromatic carbocycles. The second kappa shape index (κ2) is 10.5. The molecule has 3 aromatic rings. The average molecular weight is 560 g/mol. The standard InChI is InChI=1S/C29H29N5O5S/c30-26(31)21-11-22(40-16-21)13-32-27(36)24-12-29(38-8-9-39-29)17-34(24)25(35)15-33-14-20-10-19(6-7-23(20)28(33)37)18-4-2-1-3-5-18/h1-7,10-11,16,24H,8-9,12-15,17H2,(H3,30,31)(H,32,36). The molecule has 206 valence electrons. The molecule has 1 aromatic heterocycles. The van der Waals surface area contributed by atoms with Crippen LogP contribution in [0.5, 0.6) is 0 Å². The van der Waals surface area contributed by atoms with Crippen LogP contribution in [0.15, 0.2) is 60.0 Å². The number of rotatable bonds is 7. The molecule has 2 saturated heterocycles. The van der Waals surface area contributed by atoms with Gasteiger partial charge in [-0.15, -0.1) is 11.3 Å². The Hall–Kier alpha value is -4.06. The SMILES string of the molecule is N=C(N)c1csc(CNC(=O)C2CC3(CN2C(=O)CN2Cc4cc(-c5ccccc5)ccc4C2=O)OCCO3)c1. The number of nitrogen functional groups attached to an aromatic ring is 1. The molecule has 0 radical (unpaired) electrons. The van der Waals surface area contributed by atoms with Crippen LogP contribution in [0.1, 0.15) is 32.8 Å². The van der Waals surface area contributed by atoms with Crippen molar-refractivity contribution in [3.8, 4) is 11.1 Å². The lowest BCUT2D eigenvalue weighted by Crippen LogP contribution is -2.49. The van der Waals surface area contributed by atoms with E-state index in [1.165, 1.54) is 21.1 Å². The number of fused-ring (bicyclic) bond motifs is 1. The topological polar surface area (TPSA) is 138 Å². The summed E-state index contributed by atoms with van der Waals surface area (Å²) in [5, 5.41) is 12.2. The van der Waals surface area contributed by atoms with E-state index in [2.05, 4.69) is 5.32 Å². The Labute approximate surface area is 235 Å². The molecule has 3 aliphatic heterocycles. The number of ether oxygens (including phenoxy) is 2. The number of nitrogens with two attached hydrogens (primary N) is 1. The molecule has 1 unspecified atom stereocenters. The largest absolute Gasteiger partial charge is 0.384 e. The van der Waals surface area contributed by atoms with Crippen LogP contribution in [0.3, 0.4) is 0 Å². The molecule has 4 N–H and O–H groups in total. The van der Waals surface area contributed by atoms with E-state index in [0.717, 1.165) is 21.6 Å². The highest BCUT2D eigenvalue weighted by molar-refractivity contribution is 7.10. The monoisotopic (exact) mass is 559 g/mol. The van der Waals surface area contributed by atoms with Crippen LogP contribution < -0.4 is 11.1 Å². The Bertz CT molecular complexity index is 1480. The first-order valence-electron chi connectivity index (χ1n) is 13.1. The number of amidine groups is 1. The van der Waals surface area contributed by atoms with Gasteiger partial charge < -0.3 is 30.3 Å². The van der Waals surface area contributed by atoms with Gasteiger partial charge in [-0.2, -0.15) is 0 Å². The van der Waals surface area contributed by atoms with E-state index >= 15 is 0 Å². The van der Waals surface area contributed by atoms with Crippen molar-refractivity contribution in [2.75, 3.05) is 26.3 Å². The summed E-state index contributed by atoms with van der Waals surface area (Å²) in [7, 11) is 0. The third kappa shape index (κ3) is 4.99. The summed E-state index contributed by atoms with van der Waals surface area (Å²) in [5.41, 5.74) is 9.67. The number of hydrogen-bond donors (Lipinski definition) is 3. The van der Waals surface area contributed by atoms with Gasteiger partial charge in [-0.25, -0.2) is 0 Å². The van der Waals surface area contributed by atoms with E-state index in [1.807, 2.05) is 48.5 Å². The van der Waals surface area contributed by atoms with Crippen molar-refractivity contribution >= 4 is 34.9 Å². The van der Waals surface area contributed by atoms with Crippen LogP contribution in [0, 0.1) is 5.41 Å². The summed E-state index contributed by atoms with van der Waals surface area (Å²) in [5.74, 6) is -1.93. The molecule has 0 aliphatic carbocycles. The van der Waals surface area contributed by atoms with Crippen LogP contribution >= 0.6 is 11.3 Å². The van der Waals surface area contributed by atoms with Gasteiger partial charge >= 0.3 is 0 Å². The summed E-state index contributed by atoms with van der Waals surface area (Å²) in [6.07, 6.45) is 0.211. The molecular weight excluding hydrogens is 530 g/mol. The molecule has 6 rings (SSSR count). The summed E-state index contributed by atoms with van der Waals surface area (Å²) >= 11 is 1.39. The van der Waals surface area contributed by atoms with Gasteiger partial charge in [-0.3, -0.25) is 19.8 Å². The molecule has 1 spiro atoms. The fourth-order valence-corrected chi connectivity index (χ4v) is 6.34. The number of carbonyl (C=O) groups excluding carboxylic acids is 3. The molecule has 0 saturated carbocycles. The smallest absolute Gasteiger partial charge is 0.254 e. The normalized spacial score (nSPS) is 19.3. The number of likely N-dealkylation sites (tertiary alicyclic amines) is 1. The van der Waals surface area contributed by atoms with Crippen LogP contribution in [0.25, 0.3) is 11.1 Å². The molecule has 10 nitrogen and oxygen atoms in total. The lowest BCUT2D eigenvalue weighted by Gasteiger charge is -2.26. The number of amides is 3. The van der Waals surface area contributed by atoms with E-state index in [0.29, 0.717) is 30.9 Å². The number of thiophene rings is 1. The zero-order valence-corrected chi connectivity index (χ0v) is 22.5. The Morgan fingerprint density at radius 2 is 1.88 bits per heavy atom. The van der Waals surface area contributed by atoms with Crippen LogP contribution in [-0.4, -0.2) is 71.5 Å². The van der Waals surface area contributed by atoms with E-state index in [9.17, 15) is 14.4 Å². The van der Waals surface area contributed by atoms with Crippen molar-refractivity contribution in [3.63, 3.8) is 0 Å². The second-order valence-corrected chi connectivity index (χ2v) is 11.2. The quantitative estimate of drug-likeness (QED) is 0.300. The Morgan fingerprint density at radius 3 is 2.60 bits per heavy atom. The first-order chi connectivity index (χ1) is 19.3. The third-order valence-electron chi connectivity index (χ3n) is 7.55. The van der Waals surface area contributed by atoms with E-state index in [4.69, 9.17) is 20.6 Å². The van der Waals surface area contributed by atoms with E-state index in [-0.39, 0.29) is 49.6 Å². The minimum atomic E-state index is -1.02. The van der Waals surface area contributed by atoms with Crippen molar-refractivity contribution in [3.05, 3.63) is 81.5 Å². The summed E-state index contributed by atoms with van der Waals surface area (Å²) in [6, 6.07) is 16.6. The summed E-state index contributed by atoms with van der Waals surface area (Å²) in [6.45, 7) is 1.31. The Balaban J connectivity index is 1.15. The highest BCUT2D eigenvalue weighted by Crippen LogP contribution is 2.36. The second-order valence-electron chi connectivity index (χ2n) is 10.2. The zero-order chi connectivity index (χ0) is 27.9. The van der Waals surface area contributed by atoms with Crippen molar-refractivity contribution in [1.82, 2.24) is 15.1 Å². The number of hydrogen-bond acceptors (Lipinski definition) is 7. The lowest BCUT2D eigenvalue weighted by molar-refractivity contribution is -0.152. The van der Waals surface area contributed by atoms with Gasteiger partial charge in [0.2, 0.25) is 11.8 Å². The molecule has 3 amide bonds. The van der Waals surface area contributed by atoms with Crippen molar-refractivity contribution in [2.24, 2.45) is 5.73 Å². The van der Waals surface area contributed by atoms with E-state index < -0.39 is 11.8 Å². The van der Waals surface area contributed by atoms with Gasteiger partial charge in [0.15, 0.2) is 5.79 Å². The lowest BCUT2D eigenvalue weighted by atomic mass is 10.0. The maximum Gasteiger partial charge on any atom is 0.254 e. The predicted molar refractivity (Wildman–Crippen MR) is 149 cm³/mol. The molecule has 3 aliphatic rings. The van der Waals surface area contributed by atoms with Gasteiger partial charge in [-0.1, -0.05) is 36.4 Å². The van der Waals surface area contributed by atoms with Crippen molar-refractivity contribution in [2.45, 2.75) is 31.3 Å². The number of nitrogens with one attached hydrogen (secondary N) is 2. The average Bonchev–Trinajstić information content (AvgIpc) is 3.76. The Kier molecular flexibility index (Phi) is 6.87. The van der Waals surface area contributed by atoms with Crippen LogP contribution in [0.4, 0.5) is 0 Å². The number of benzene rings is 2.